The number of rotatable bonds is 1. The van der Waals surface area contributed by atoms with Crippen molar-refractivity contribution in [1.82, 2.24) is 10.4 Å². The Labute approximate surface area is 71.4 Å². The Bertz CT molecular complexity index is 476. The van der Waals surface area contributed by atoms with E-state index in [-0.39, 0.29) is 5.69 Å². The highest BCUT2D eigenvalue weighted by Crippen LogP contribution is 2.02. The lowest BCUT2D eigenvalue weighted by molar-refractivity contribution is -0.726. The van der Waals surface area contributed by atoms with Crippen LogP contribution in [0.4, 0.5) is 4.39 Å². The van der Waals surface area contributed by atoms with Gasteiger partial charge in [-0.1, -0.05) is 17.2 Å². The number of halogens is 1. The summed E-state index contributed by atoms with van der Waals surface area (Å²) in [5.74, 6) is -1.22. The fraction of sp³-hybridized carbons (Fsp3) is 0. The second-order valence-corrected chi connectivity index (χ2v) is 2.34. The Morgan fingerprint density at radius 3 is 2.85 bits per heavy atom. The maximum Gasteiger partial charge on any atom is 0.493 e. The third-order valence-corrected chi connectivity index (χ3v) is 1.48. The molecule has 0 saturated carbocycles. The van der Waals surface area contributed by atoms with Crippen molar-refractivity contribution in [2.75, 3.05) is 0 Å². The van der Waals surface area contributed by atoms with Gasteiger partial charge in [0.25, 0.3) is 0 Å². The summed E-state index contributed by atoms with van der Waals surface area (Å²) in [5.41, 5.74) is 0.133. The van der Waals surface area contributed by atoms with Crippen LogP contribution in [0.3, 0.4) is 0 Å². The van der Waals surface area contributed by atoms with Crippen LogP contribution >= 0.6 is 0 Å². The first-order chi connectivity index (χ1) is 6.27. The third-order valence-electron chi connectivity index (χ3n) is 1.48. The summed E-state index contributed by atoms with van der Waals surface area (Å²) in [6, 6.07) is 5.89. The minimum atomic E-state index is -0.733. The fourth-order valence-corrected chi connectivity index (χ4v) is 0.933. The Morgan fingerprint density at radius 1 is 1.46 bits per heavy atom. The molecule has 1 heterocycles. The molecule has 0 aliphatic carbocycles. The predicted octanol–water partition coefficient (Wildman–Crippen LogP) is -0.221. The molecule has 0 saturated heterocycles. The van der Waals surface area contributed by atoms with Crippen molar-refractivity contribution in [2.24, 2.45) is 0 Å². The summed E-state index contributed by atoms with van der Waals surface area (Å²) < 4.78 is 17.3. The smallest absolute Gasteiger partial charge is 0.239 e. The lowest BCUT2D eigenvalue weighted by atomic mass is 10.3. The molecule has 0 aliphatic heterocycles. The average Bonchev–Trinajstić information content (AvgIpc) is 2.53. The van der Waals surface area contributed by atoms with Crippen LogP contribution in [0.2, 0.25) is 0 Å². The highest BCUT2D eigenvalue weighted by Gasteiger charge is 2.17. The molecule has 13 heavy (non-hydrogen) atoms. The molecular formula is C7H5FN3O2+. The quantitative estimate of drug-likeness (QED) is 0.620. The highest BCUT2D eigenvalue weighted by molar-refractivity contribution is 5.22. The van der Waals surface area contributed by atoms with Crippen LogP contribution in [0.15, 0.2) is 33.6 Å². The van der Waals surface area contributed by atoms with Gasteiger partial charge in [-0.2, -0.15) is 4.39 Å². The lowest BCUT2D eigenvalue weighted by Crippen LogP contribution is -2.38. The van der Waals surface area contributed by atoms with Gasteiger partial charge in [0.2, 0.25) is 5.27 Å². The third kappa shape index (κ3) is 1.33. The SMILES string of the molecule is O=c1[nH][n+](-c2ccccc2F)no1. The van der Waals surface area contributed by atoms with Crippen molar-refractivity contribution in [3.63, 3.8) is 0 Å². The predicted molar refractivity (Wildman–Crippen MR) is 38.6 cm³/mol. The van der Waals surface area contributed by atoms with Crippen LogP contribution in [-0.4, -0.2) is 10.4 Å². The highest BCUT2D eigenvalue weighted by atomic mass is 19.1. The van der Waals surface area contributed by atoms with Gasteiger partial charge in [0, 0.05) is 6.07 Å². The van der Waals surface area contributed by atoms with Gasteiger partial charge in [-0.3, -0.25) is 0 Å². The van der Waals surface area contributed by atoms with Gasteiger partial charge >= 0.3 is 11.4 Å². The zero-order chi connectivity index (χ0) is 9.26. The van der Waals surface area contributed by atoms with E-state index in [4.69, 9.17) is 0 Å². The Hall–Kier alpha value is -1.98. The average molecular weight is 182 g/mol. The van der Waals surface area contributed by atoms with Gasteiger partial charge in [0.15, 0.2) is 5.82 Å². The molecule has 0 unspecified atom stereocenters. The first-order valence-corrected chi connectivity index (χ1v) is 3.50. The Balaban J connectivity index is 2.58. The Kier molecular flexibility index (Phi) is 1.66. The molecule has 2 aromatic rings. The van der Waals surface area contributed by atoms with Crippen molar-refractivity contribution >= 4 is 0 Å². The first kappa shape index (κ1) is 7.66. The summed E-state index contributed by atoms with van der Waals surface area (Å²) in [6.45, 7) is 0. The molecule has 0 radical (unpaired) electrons. The van der Waals surface area contributed by atoms with E-state index in [1.54, 1.807) is 6.07 Å². The van der Waals surface area contributed by atoms with Crippen LogP contribution in [0.5, 0.6) is 0 Å². The second kappa shape index (κ2) is 2.81. The standard InChI is InChI=1S/C7H4FN3O2/c8-5-3-1-2-4-6(5)11-9-7(12)13-10-11/h1-4H/p+1. The molecule has 1 aromatic carbocycles. The van der Waals surface area contributed by atoms with E-state index in [0.29, 0.717) is 0 Å². The maximum absolute atomic E-state index is 13.1. The number of hydrogen-bond donors (Lipinski definition) is 1. The van der Waals surface area contributed by atoms with Gasteiger partial charge in [-0.15, -0.1) is 0 Å². The molecule has 0 aliphatic rings. The molecule has 5 nitrogen and oxygen atoms in total. The summed E-state index contributed by atoms with van der Waals surface area (Å²) in [6.07, 6.45) is 0. The van der Waals surface area contributed by atoms with Crippen molar-refractivity contribution in [2.45, 2.75) is 0 Å². The van der Waals surface area contributed by atoms with Crippen LogP contribution < -0.4 is 10.6 Å². The molecule has 1 N–H and O–H groups in total. The number of nitrogens with zero attached hydrogens (tertiary/aromatic N) is 2. The number of hydrogen-bond acceptors (Lipinski definition) is 3. The van der Waals surface area contributed by atoms with E-state index in [0.717, 1.165) is 4.80 Å². The zero-order valence-electron chi connectivity index (χ0n) is 6.40. The normalized spacial score (nSPS) is 10.2. The molecule has 0 amide bonds. The molecule has 0 spiro atoms. The summed E-state index contributed by atoms with van der Waals surface area (Å²) in [4.78, 5) is 11.5. The monoisotopic (exact) mass is 182 g/mol. The lowest BCUT2D eigenvalue weighted by Gasteiger charge is -1.86. The van der Waals surface area contributed by atoms with Crippen molar-refractivity contribution in [3.05, 3.63) is 40.6 Å². The molecule has 0 atom stereocenters. The molecule has 0 fully saturated rings. The van der Waals surface area contributed by atoms with Gasteiger partial charge in [0.1, 0.15) is 0 Å². The minimum Gasteiger partial charge on any atom is -0.239 e. The molecule has 1 aromatic heterocycles. The largest absolute Gasteiger partial charge is 0.493 e. The van der Waals surface area contributed by atoms with Crippen LogP contribution in [-0.2, 0) is 0 Å². The molecule has 0 bridgehead atoms. The van der Waals surface area contributed by atoms with Crippen molar-refractivity contribution in [3.8, 4) is 5.69 Å². The number of nitrogens with one attached hydrogen (secondary N) is 1. The minimum absolute atomic E-state index is 0.133. The topological polar surface area (TPSA) is 62.8 Å². The van der Waals surface area contributed by atoms with Crippen molar-refractivity contribution in [1.29, 1.82) is 0 Å². The number of aromatic amines is 1. The van der Waals surface area contributed by atoms with Gasteiger partial charge in [-0.25, -0.2) is 9.32 Å². The molecule has 2 rings (SSSR count). The summed E-state index contributed by atoms with van der Waals surface area (Å²) >= 11 is 0. The van der Waals surface area contributed by atoms with Crippen molar-refractivity contribution < 1.29 is 13.7 Å². The molecule has 6 heteroatoms. The Morgan fingerprint density at radius 2 is 2.23 bits per heavy atom. The summed E-state index contributed by atoms with van der Waals surface area (Å²) in [5, 5.41) is 5.46. The van der Waals surface area contributed by atoms with E-state index < -0.39 is 11.6 Å². The second-order valence-electron chi connectivity index (χ2n) is 2.34. The summed E-state index contributed by atoms with van der Waals surface area (Å²) in [7, 11) is 0. The van der Waals surface area contributed by atoms with E-state index >= 15 is 0 Å². The fourth-order valence-electron chi connectivity index (χ4n) is 0.933. The van der Waals surface area contributed by atoms with E-state index in [9.17, 15) is 9.18 Å². The van der Waals surface area contributed by atoms with Gasteiger partial charge < -0.3 is 0 Å². The number of H-pyrrole nitrogens is 1. The van der Waals surface area contributed by atoms with Crippen LogP contribution in [0.1, 0.15) is 0 Å². The van der Waals surface area contributed by atoms with Crippen LogP contribution in [0.25, 0.3) is 5.69 Å². The van der Waals surface area contributed by atoms with E-state index in [1.807, 2.05) is 0 Å². The van der Waals surface area contributed by atoms with E-state index in [1.165, 1.54) is 18.2 Å². The number of aromatic nitrogens is 3. The maximum atomic E-state index is 13.1. The zero-order valence-corrected chi connectivity index (χ0v) is 6.40. The van der Waals surface area contributed by atoms with Crippen LogP contribution in [0, 0.1) is 5.82 Å². The molecule has 66 valence electrons. The van der Waals surface area contributed by atoms with Gasteiger partial charge in [0.05, 0.1) is 4.80 Å². The number of para-hydroxylation sites is 1. The van der Waals surface area contributed by atoms with E-state index in [2.05, 4.69) is 14.9 Å². The number of benzene rings is 1. The van der Waals surface area contributed by atoms with Gasteiger partial charge in [-0.05, 0) is 6.07 Å². The first-order valence-electron chi connectivity index (χ1n) is 3.50. The molecular weight excluding hydrogens is 177 g/mol.